The number of carbonyl (C=O) groups is 1. The van der Waals surface area contributed by atoms with E-state index in [1.807, 2.05) is 12.1 Å². The van der Waals surface area contributed by atoms with Crippen molar-refractivity contribution in [3.63, 3.8) is 0 Å². The Morgan fingerprint density at radius 3 is 2.79 bits per heavy atom. The molecule has 3 rings (SSSR count). The minimum Gasteiger partial charge on any atom is -0.487 e. The number of nitrogens with one attached hydrogen (secondary N) is 1. The minimum absolute atomic E-state index is 0.162. The molecule has 0 fully saturated rings. The van der Waals surface area contributed by atoms with Crippen LogP contribution in [0.2, 0.25) is 5.02 Å². The standard InChI is InChI=1S/C20H23ClN4O2S/c1-12-6-4-5-7-13(12)8-14(10-22)24-19(26)17-9-15(20(27-3)28-17)18-16(21)11-23-25(18)2/h4-7,9,11,14H,8,10,22H2,1-3H3,(H,24,26)/t14-/m0/s1. The normalized spacial score (nSPS) is 12.0. The maximum absolute atomic E-state index is 12.8. The molecule has 1 atom stereocenters. The summed E-state index contributed by atoms with van der Waals surface area (Å²) in [6.45, 7) is 2.40. The van der Waals surface area contributed by atoms with E-state index in [0.29, 0.717) is 33.6 Å². The third-order valence-electron chi connectivity index (χ3n) is 4.60. The number of ether oxygens (including phenoxy) is 1. The largest absolute Gasteiger partial charge is 0.487 e. The molecule has 0 bridgehead atoms. The lowest BCUT2D eigenvalue weighted by atomic mass is 10.0. The molecule has 0 aliphatic carbocycles. The first-order valence-corrected chi connectivity index (χ1v) is 10.0. The average molecular weight is 419 g/mol. The van der Waals surface area contributed by atoms with Crippen molar-refractivity contribution in [1.29, 1.82) is 0 Å². The Morgan fingerprint density at radius 1 is 1.43 bits per heavy atom. The van der Waals surface area contributed by atoms with E-state index in [1.54, 1.807) is 31.1 Å². The van der Waals surface area contributed by atoms with Crippen LogP contribution in [0, 0.1) is 6.92 Å². The maximum Gasteiger partial charge on any atom is 0.261 e. The first kappa shape index (κ1) is 20.4. The summed E-state index contributed by atoms with van der Waals surface area (Å²) in [4.78, 5) is 13.4. The molecule has 0 saturated carbocycles. The molecule has 2 heterocycles. The molecule has 8 heteroatoms. The Kier molecular flexibility index (Phi) is 6.39. The highest BCUT2D eigenvalue weighted by atomic mass is 35.5. The molecule has 0 aliphatic rings. The van der Waals surface area contributed by atoms with Gasteiger partial charge in [0.15, 0.2) is 5.06 Å². The molecule has 0 aliphatic heterocycles. The van der Waals surface area contributed by atoms with Crippen molar-refractivity contribution >= 4 is 28.8 Å². The summed E-state index contributed by atoms with van der Waals surface area (Å²) in [5.41, 5.74) is 9.72. The van der Waals surface area contributed by atoms with Crippen molar-refractivity contribution < 1.29 is 9.53 Å². The third-order valence-corrected chi connectivity index (χ3v) is 5.98. The number of amides is 1. The molecule has 0 radical (unpaired) electrons. The summed E-state index contributed by atoms with van der Waals surface area (Å²) in [6.07, 6.45) is 2.25. The highest BCUT2D eigenvalue weighted by Crippen LogP contribution is 2.40. The number of methoxy groups -OCH3 is 1. The van der Waals surface area contributed by atoms with Crippen LogP contribution in [0.25, 0.3) is 11.3 Å². The SMILES string of the molecule is COc1sc(C(=O)N[C@H](CN)Cc2ccccc2C)cc1-c1c(Cl)cnn1C. The van der Waals surface area contributed by atoms with Crippen LogP contribution in [0.4, 0.5) is 0 Å². The Hall–Kier alpha value is -2.35. The van der Waals surface area contributed by atoms with Crippen molar-refractivity contribution in [2.45, 2.75) is 19.4 Å². The van der Waals surface area contributed by atoms with Gasteiger partial charge in [0.25, 0.3) is 5.91 Å². The lowest BCUT2D eigenvalue weighted by molar-refractivity contribution is 0.0942. The summed E-state index contributed by atoms with van der Waals surface area (Å²) in [5, 5.41) is 8.30. The predicted octanol–water partition coefficient (Wildman–Crippen LogP) is 3.42. The number of aryl methyl sites for hydroxylation is 2. The second kappa shape index (κ2) is 8.77. The predicted molar refractivity (Wildman–Crippen MR) is 113 cm³/mol. The molecule has 0 unspecified atom stereocenters. The van der Waals surface area contributed by atoms with Crippen molar-refractivity contribution in [3.8, 4) is 16.3 Å². The minimum atomic E-state index is -0.183. The van der Waals surface area contributed by atoms with E-state index >= 15 is 0 Å². The van der Waals surface area contributed by atoms with Gasteiger partial charge in [0.05, 0.1) is 34.5 Å². The zero-order valence-electron chi connectivity index (χ0n) is 16.0. The topological polar surface area (TPSA) is 82.2 Å². The van der Waals surface area contributed by atoms with E-state index in [-0.39, 0.29) is 11.9 Å². The van der Waals surface area contributed by atoms with E-state index < -0.39 is 0 Å². The number of thiophene rings is 1. The van der Waals surface area contributed by atoms with Gasteiger partial charge in [-0.1, -0.05) is 47.2 Å². The molecular weight excluding hydrogens is 396 g/mol. The van der Waals surface area contributed by atoms with Crippen LogP contribution in [0.5, 0.6) is 5.06 Å². The van der Waals surface area contributed by atoms with Crippen molar-refractivity contribution in [2.75, 3.05) is 13.7 Å². The Morgan fingerprint density at radius 2 is 2.18 bits per heavy atom. The quantitative estimate of drug-likeness (QED) is 0.615. The first-order chi connectivity index (χ1) is 13.4. The second-order valence-corrected chi connectivity index (χ2v) is 7.94. The van der Waals surface area contributed by atoms with E-state index in [1.165, 1.54) is 22.5 Å². The molecule has 28 heavy (non-hydrogen) atoms. The van der Waals surface area contributed by atoms with Crippen molar-refractivity contribution in [2.24, 2.45) is 12.8 Å². The second-order valence-electron chi connectivity index (χ2n) is 6.52. The fourth-order valence-corrected chi connectivity index (χ4v) is 4.22. The smallest absolute Gasteiger partial charge is 0.261 e. The molecule has 6 nitrogen and oxygen atoms in total. The van der Waals surface area contributed by atoms with Crippen LogP contribution in [0.1, 0.15) is 20.8 Å². The molecule has 3 aromatic rings. The number of carbonyl (C=O) groups excluding carboxylic acids is 1. The number of nitrogens with zero attached hydrogens (tertiary/aromatic N) is 2. The van der Waals surface area contributed by atoms with Crippen LogP contribution >= 0.6 is 22.9 Å². The van der Waals surface area contributed by atoms with E-state index in [4.69, 9.17) is 22.1 Å². The Labute approximate surface area is 173 Å². The van der Waals surface area contributed by atoms with Gasteiger partial charge in [-0.05, 0) is 30.5 Å². The molecule has 3 N–H and O–H groups in total. The van der Waals surface area contributed by atoms with Crippen LogP contribution in [0.3, 0.4) is 0 Å². The van der Waals surface area contributed by atoms with E-state index in [9.17, 15) is 4.79 Å². The van der Waals surface area contributed by atoms with Gasteiger partial charge in [0, 0.05) is 19.6 Å². The van der Waals surface area contributed by atoms with Crippen molar-refractivity contribution in [1.82, 2.24) is 15.1 Å². The van der Waals surface area contributed by atoms with Crippen LogP contribution < -0.4 is 15.8 Å². The number of benzene rings is 1. The van der Waals surface area contributed by atoms with Gasteiger partial charge < -0.3 is 15.8 Å². The lowest BCUT2D eigenvalue weighted by Crippen LogP contribution is -2.41. The molecule has 2 aromatic heterocycles. The summed E-state index contributed by atoms with van der Waals surface area (Å²) >= 11 is 7.53. The number of nitrogens with two attached hydrogens (primary N) is 1. The third kappa shape index (κ3) is 4.22. The van der Waals surface area contributed by atoms with Gasteiger partial charge >= 0.3 is 0 Å². The molecular formula is C20H23ClN4O2S. The molecule has 148 valence electrons. The lowest BCUT2D eigenvalue weighted by Gasteiger charge is -2.17. The molecule has 1 aromatic carbocycles. The van der Waals surface area contributed by atoms with Gasteiger partial charge in [-0.3, -0.25) is 9.48 Å². The fraction of sp³-hybridized carbons (Fsp3) is 0.300. The first-order valence-electron chi connectivity index (χ1n) is 8.85. The average Bonchev–Trinajstić information content (AvgIpc) is 3.25. The fourth-order valence-electron chi connectivity index (χ4n) is 3.07. The maximum atomic E-state index is 12.8. The highest BCUT2D eigenvalue weighted by molar-refractivity contribution is 7.16. The monoisotopic (exact) mass is 418 g/mol. The van der Waals surface area contributed by atoms with E-state index in [0.717, 1.165) is 5.56 Å². The number of aromatic nitrogens is 2. The van der Waals surface area contributed by atoms with Gasteiger partial charge in [-0.15, -0.1) is 0 Å². The molecule has 1 amide bonds. The summed E-state index contributed by atoms with van der Waals surface area (Å²) in [5.74, 6) is -0.183. The Balaban J connectivity index is 1.81. The van der Waals surface area contributed by atoms with Gasteiger partial charge in [-0.2, -0.15) is 5.10 Å². The number of hydrogen-bond donors (Lipinski definition) is 2. The number of rotatable bonds is 7. The van der Waals surface area contributed by atoms with Gasteiger partial charge in [0.2, 0.25) is 0 Å². The van der Waals surface area contributed by atoms with Gasteiger partial charge in [0.1, 0.15) is 0 Å². The Bertz CT molecular complexity index is 963. The van der Waals surface area contributed by atoms with Crippen LogP contribution in [-0.4, -0.2) is 35.4 Å². The zero-order valence-corrected chi connectivity index (χ0v) is 17.6. The molecule has 0 saturated heterocycles. The van der Waals surface area contributed by atoms with Crippen LogP contribution in [0.15, 0.2) is 36.5 Å². The van der Waals surface area contributed by atoms with E-state index in [2.05, 4.69) is 29.5 Å². The van der Waals surface area contributed by atoms with Crippen molar-refractivity contribution in [3.05, 3.63) is 57.6 Å². The summed E-state index contributed by atoms with van der Waals surface area (Å²) in [7, 11) is 3.37. The number of halogens is 1. The zero-order chi connectivity index (χ0) is 20.3. The highest BCUT2D eigenvalue weighted by Gasteiger charge is 2.22. The summed E-state index contributed by atoms with van der Waals surface area (Å²) < 4.78 is 7.13. The van der Waals surface area contributed by atoms with Gasteiger partial charge in [-0.25, -0.2) is 0 Å². The van der Waals surface area contributed by atoms with Crippen LogP contribution in [-0.2, 0) is 13.5 Å². The summed E-state index contributed by atoms with van der Waals surface area (Å²) in [6, 6.07) is 9.72. The number of hydrogen-bond acceptors (Lipinski definition) is 5. The molecule has 0 spiro atoms.